The fraction of sp³-hybridized carbons (Fsp3) is 0.357. The number of aromatic nitrogens is 1. The van der Waals surface area contributed by atoms with Crippen LogP contribution in [0.15, 0.2) is 23.7 Å². The molecule has 0 amide bonds. The summed E-state index contributed by atoms with van der Waals surface area (Å²) >= 11 is 7.55. The van der Waals surface area contributed by atoms with E-state index in [1.54, 1.807) is 23.5 Å². The van der Waals surface area contributed by atoms with E-state index in [1.165, 1.54) is 6.07 Å². The first-order valence-corrected chi connectivity index (χ1v) is 7.53. The van der Waals surface area contributed by atoms with E-state index in [-0.39, 0.29) is 11.9 Å². The molecule has 1 atom stereocenters. The molecule has 0 aliphatic carbocycles. The van der Waals surface area contributed by atoms with Crippen LogP contribution in [0.5, 0.6) is 0 Å². The van der Waals surface area contributed by atoms with Gasteiger partial charge in [0.15, 0.2) is 0 Å². The van der Waals surface area contributed by atoms with Crippen molar-refractivity contribution >= 4 is 22.9 Å². The fourth-order valence-electron chi connectivity index (χ4n) is 2.13. The minimum absolute atomic E-state index is 0.213. The SMILES string of the molecule is Cc1ncsc1CN(C)C(CN)c1cc(Cl)ccc1F. The van der Waals surface area contributed by atoms with Crippen LogP contribution in [0.25, 0.3) is 0 Å². The monoisotopic (exact) mass is 313 g/mol. The fourth-order valence-corrected chi connectivity index (χ4v) is 3.15. The van der Waals surface area contributed by atoms with Crippen LogP contribution in [0.1, 0.15) is 22.2 Å². The van der Waals surface area contributed by atoms with Crippen LogP contribution in [0.2, 0.25) is 5.02 Å². The molecule has 3 nitrogen and oxygen atoms in total. The Labute approximate surface area is 127 Å². The molecule has 1 aromatic carbocycles. The van der Waals surface area contributed by atoms with Gasteiger partial charge in [-0.05, 0) is 32.2 Å². The Balaban J connectivity index is 2.23. The Hall–Kier alpha value is -1.01. The first-order chi connectivity index (χ1) is 9.52. The van der Waals surface area contributed by atoms with Crippen LogP contribution < -0.4 is 5.73 Å². The first-order valence-electron chi connectivity index (χ1n) is 6.27. The van der Waals surface area contributed by atoms with Crippen molar-refractivity contribution in [3.63, 3.8) is 0 Å². The predicted molar refractivity (Wildman–Crippen MR) is 81.5 cm³/mol. The highest BCUT2D eigenvalue weighted by atomic mass is 35.5. The predicted octanol–water partition coefficient (Wildman–Crippen LogP) is 3.38. The van der Waals surface area contributed by atoms with E-state index >= 15 is 0 Å². The van der Waals surface area contributed by atoms with Crippen LogP contribution in [0.3, 0.4) is 0 Å². The average Bonchev–Trinajstić information content (AvgIpc) is 2.80. The Morgan fingerprint density at radius 2 is 2.25 bits per heavy atom. The molecular weight excluding hydrogens is 297 g/mol. The second-order valence-corrected chi connectivity index (χ2v) is 6.07. The molecule has 0 aliphatic rings. The highest BCUT2D eigenvalue weighted by molar-refractivity contribution is 7.09. The van der Waals surface area contributed by atoms with E-state index in [0.29, 0.717) is 23.7 Å². The van der Waals surface area contributed by atoms with E-state index < -0.39 is 0 Å². The molecule has 0 saturated carbocycles. The number of benzene rings is 1. The number of nitrogens with zero attached hydrogens (tertiary/aromatic N) is 2. The minimum atomic E-state index is -0.280. The molecule has 1 heterocycles. The van der Waals surface area contributed by atoms with Gasteiger partial charge in [0, 0.05) is 28.6 Å². The minimum Gasteiger partial charge on any atom is -0.329 e. The molecule has 6 heteroatoms. The summed E-state index contributed by atoms with van der Waals surface area (Å²) in [5, 5.41) is 0.516. The summed E-state index contributed by atoms with van der Waals surface area (Å²) in [6.07, 6.45) is 0. The lowest BCUT2D eigenvalue weighted by Gasteiger charge is -2.27. The van der Waals surface area contributed by atoms with Gasteiger partial charge in [0.1, 0.15) is 5.82 Å². The van der Waals surface area contributed by atoms with Crippen molar-refractivity contribution in [2.24, 2.45) is 5.73 Å². The van der Waals surface area contributed by atoms with Gasteiger partial charge in [-0.25, -0.2) is 9.37 Å². The highest BCUT2D eigenvalue weighted by Crippen LogP contribution is 2.27. The molecule has 1 aromatic heterocycles. The number of aryl methyl sites for hydroxylation is 1. The third-order valence-electron chi connectivity index (χ3n) is 3.31. The van der Waals surface area contributed by atoms with Crippen LogP contribution >= 0.6 is 22.9 Å². The van der Waals surface area contributed by atoms with Crippen molar-refractivity contribution in [1.29, 1.82) is 0 Å². The summed E-state index contributed by atoms with van der Waals surface area (Å²) < 4.78 is 14.0. The van der Waals surface area contributed by atoms with Gasteiger partial charge in [0.25, 0.3) is 0 Å². The Morgan fingerprint density at radius 3 is 2.85 bits per heavy atom. The van der Waals surface area contributed by atoms with Crippen molar-refractivity contribution in [3.8, 4) is 0 Å². The summed E-state index contributed by atoms with van der Waals surface area (Å²) in [6.45, 7) is 2.98. The maximum absolute atomic E-state index is 14.0. The molecule has 0 aliphatic heterocycles. The normalized spacial score (nSPS) is 12.9. The molecule has 0 spiro atoms. The molecule has 108 valence electrons. The van der Waals surface area contributed by atoms with Gasteiger partial charge < -0.3 is 5.73 Å². The van der Waals surface area contributed by atoms with E-state index in [0.717, 1.165) is 10.6 Å². The molecule has 1 unspecified atom stereocenters. The van der Waals surface area contributed by atoms with Gasteiger partial charge in [-0.15, -0.1) is 11.3 Å². The molecular formula is C14H17ClFN3S. The van der Waals surface area contributed by atoms with Crippen molar-refractivity contribution in [1.82, 2.24) is 9.88 Å². The third kappa shape index (κ3) is 3.35. The zero-order chi connectivity index (χ0) is 14.7. The summed E-state index contributed by atoms with van der Waals surface area (Å²) in [5.41, 5.74) is 9.18. The largest absolute Gasteiger partial charge is 0.329 e. The second kappa shape index (κ2) is 6.63. The number of rotatable bonds is 5. The number of halogens is 2. The van der Waals surface area contributed by atoms with Crippen molar-refractivity contribution in [2.75, 3.05) is 13.6 Å². The Bertz CT molecular complexity index is 588. The number of thiazole rings is 1. The van der Waals surface area contributed by atoms with E-state index in [4.69, 9.17) is 17.3 Å². The Morgan fingerprint density at radius 1 is 1.50 bits per heavy atom. The van der Waals surface area contributed by atoms with Gasteiger partial charge in [-0.3, -0.25) is 4.90 Å². The second-order valence-electron chi connectivity index (χ2n) is 4.69. The van der Waals surface area contributed by atoms with Crippen LogP contribution in [0, 0.1) is 12.7 Å². The lowest BCUT2D eigenvalue weighted by molar-refractivity contribution is 0.238. The maximum atomic E-state index is 14.0. The molecule has 2 N–H and O–H groups in total. The summed E-state index contributed by atoms with van der Waals surface area (Å²) in [7, 11) is 1.93. The van der Waals surface area contributed by atoms with Gasteiger partial charge in [0.2, 0.25) is 0 Å². The van der Waals surface area contributed by atoms with E-state index in [2.05, 4.69) is 4.98 Å². The number of likely N-dealkylation sites (N-methyl/N-ethyl adjacent to an activating group) is 1. The third-order valence-corrected chi connectivity index (χ3v) is 4.47. The molecule has 2 aromatic rings. The molecule has 0 fully saturated rings. The molecule has 2 rings (SSSR count). The number of hydrogen-bond acceptors (Lipinski definition) is 4. The Kier molecular flexibility index (Phi) is 5.10. The van der Waals surface area contributed by atoms with Crippen LogP contribution in [0.4, 0.5) is 4.39 Å². The van der Waals surface area contributed by atoms with Crippen molar-refractivity contribution in [2.45, 2.75) is 19.5 Å². The zero-order valence-electron chi connectivity index (χ0n) is 11.4. The lowest BCUT2D eigenvalue weighted by Crippen LogP contribution is -2.30. The van der Waals surface area contributed by atoms with E-state index in [1.807, 2.05) is 24.4 Å². The van der Waals surface area contributed by atoms with Crippen molar-refractivity contribution < 1.29 is 4.39 Å². The maximum Gasteiger partial charge on any atom is 0.128 e. The zero-order valence-corrected chi connectivity index (χ0v) is 13.0. The smallest absolute Gasteiger partial charge is 0.128 e. The highest BCUT2D eigenvalue weighted by Gasteiger charge is 2.20. The lowest BCUT2D eigenvalue weighted by atomic mass is 10.0. The first kappa shape index (κ1) is 15.4. The number of hydrogen-bond donors (Lipinski definition) is 1. The quantitative estimate of drug-likeness (QED) is 0.920. The van der Waals surface area contributed by atoms with Gasteiger partial charge in [-0.2, -0.15) is 0 Å². The number of nitrogens with two attached hydrogens (primary N) is 1. The standard InChI is InChI=1S/C14H17ClFN3S/c1-9-14(20-8-18-9)7-19(2)13(6-17)11-5-10(15)3-4-12(11)16/h3-5,8,13H,6-7,17H2,1-2H3. The molecule has 20 heavy (non-hydrogen) atoms. The molecule has 0 saturated heterocycles. The molecule has 0 radical (unpaired) electrons. The summed E-state index contributed by atoms with van der Waals surface area (Å²) in [6, 6.07) is 4.35. The van der Waals surface area contributed by atoms with E-state index in [9.17, 15) is 4.39 Å². The van der Waals surface area contributed by atoms with Crippen molar-refractivity contribution in [3.05, 3.63) is 50.7 Å². The van der Waals surface area contributed by atoms with Gasteiger partial charge >= 0.3 is 0 Å². The van der Waals surface area contributed by atoms with Gasteiger partial charge in [-0.1, -0.05) is 11.6 Å². The average molecular weight is 314 g/mol. The molecule has 0 bridgehead atoms. The summed E-state index contributed by atoms with van der Waals surface area (Å²) in [4.78, 5) is 7.41. The van der Waals surface area contributed by atoms with Crippen LogP contribution in [-0.4, -0.2) is 23.5 Å². The topological polar surface area (TPSA) is 42.2 Å². The van der Waals surface area contributed by atoms with Gasteiger partial charge in [0.05, 0.1) is 17.2 Å². The summed E-state index contributed by atoms with van der Waals surface area (Å²) in [5.74, 6) is -0.280. The van der Waals surface area contributed by atoms with Crippen LogP contribution in [-0.2, 0) is 6.54 Å².